The maximum Gasteiger partial charge on any atom is 0.223 e. The monoisotopic (exact) mass is 260 g/mol. The molecule has 2 atom stereocenters. The highest BCUT2D eigenvalue weighted by Gasteiger charge is 2.32. The van der Waals surface area contributed by atoms with Crippen LogP contribution in [0.5, 0.6) is 0 Å². The summed E-state index contributed by atoms with van der Waals surface area (Å²) in [5.41, 5.74) is 6.18. The van der Waals surface area contributed by atoms with Crippen LogP contribution in [0, 0.1) is 11.3 Å². The maximum atomic E-state index is 11.9. The molecule has 0 aromatic heterocycles. The number of carbonyl (C=O) groups is 1. The number of rotatable bonds is 3. The zero-order valence-electron chi connectivity index (χ0n) is 10.7. The third-order valence-corrected chi connectivity index (χ3v) is 4.34. The van der Waals surface area contributed by atoms with Crippen molar-refractivity contribution in [1.82, 2.24) is 5.32 Å². The Labute approximate surface area is 110 Å². The summed E-state index contributed by atoms with van der Waals surface area (Å²) >= 11 is 0. The summed E-state index contributed by atoms with van der Waals surface area (Å²) in [6.07, 6.45) is 8.03. The Kier molecular flexibility index (Phi) is 5.26. The number of nitrogens with one attached hydrogen (secondary N) is 1. The molecule has 4 heteroatoms. The third-order valence-electron chi connectivity index (χ3n) is 4.34. The topological polar surface area (TPSA) is 55.1 Å². The van der Waals surface area contributed by atoms with Crippen molar-refractivity contribution >= 4 is 18.3 Å². The lowest BCUT2D eigenvalue weighted by Crippen LogP contribution is -2.37. The van der Waals surface area contributed by atoms with Crippen LogP contribution in [0.25, 0.3) is 0 Å². The smallest absolute Gasteiger partial charge is 0.223 e. The lowest BCUT2D eigenvalue weighted by Gasteiger charge is -2.24. The molecular formula is C13H25ClN2O. The van der Waals surface area contributed by atoms with Crippen molar-refractivity contribution < 1.29 is 4.79 Å². The molecule has 3 N–H and O–H groups in total. The van der Waals surface area contributed by atoms with E-state index >= 15 is 0 Å². The van der Waals surface area contributed by atoms with Gasteiger partial charge in [0.25, 0.3) is 0 Å². The van der Waals surface area contributed by atoms with Gasteiger partial charge in [-0.3, -0.25) is 4.79 Å². The minimum atomic E-state index is 0. The molecule has 3 nitrogen and oxygen atoms in total. The normalized spacial score (nSPS) is 30.9. The highest BCUT2D eigenvalue weighted by molar-refractivity contribution is 5.85. The molecule has 1 amide bonds. The van der Waals surface area contributed by atoms with E-state index in [1.165, 1.54) is 25.7 Å². The Morgan fingerprint density at radius 2 is 2.00 bits per heavy atom. The van der Waals surface area contributed by atoms with Crippen molar-refractivity contribution in [1.29, 1.82) is 0 Å². The molecule has 0 bridgehead atoms. The van der Waals surface area contributed by atoms with Crippen molar-refractivity contribution in [3.05, 3.63) is 0 Å². The van der Waals surface area contributed by atoms with E-state index in [0.717, 1.165) is 25.8 Å². The van der Waals surface area contributed by atoms with Crippen LogP contribution in [0.2, 0.25) is 0 Å². The fraction of sp³-hybridized carbons (Fsp3) is 0.923. The van der Waals surface area contributed by atoms with E-state index in [-0.39, 0.29) is 30.3 Å². The molecule has 2 unspecified atom stereocenters. The van der Waals surface area contributed by atoms with Gasteiger partial charge < -0.3 is 11.1 Å². The van der Waals surface area contributed by atoms with E-state index in [4.69, 9.17) is 5.73 Å². The van der Waals surface area contributed by atoms with Gasteiger partial charge in [0.1, 0.15) is 0 Å². The van der Waals surface area contributed by atoms with E-state index < -0.39 is 0 Å². The zero-order chi connectivity index (χ0) is 11.6. The Hall–Kier alpha value is -0.280. The minimum absolute atomic E-state index is 0. The van der Waals surface area contributed by atoms with Crippen LogP contribution in [0.3, 0.4) is 0 Å². The first kappa shape index (κ1) is 14.8. The highest BCUT2D eigenvalue weighted by Crippen LogP contribution is 2.36. The van der Waals surface area contributed by atoms with Gasteiger partial charge in [0.15, 0.2) is 0 Å². The maximum absolute atomic E-state index is 11.9. The molecule has 0 heterocycles. The van der Waals surface area contributed by atoms with Gasteiger partial charge in [0, 0.05) is 18.5 Å². The molecule has 2 saturated carbocycles. The molecule has 0 aliphatic heterocycles. The second-order valence-electron chi connectivity index (χ2n) is 6.01. The van der Waals surface area contributed by atoms with Crippen molar-refractivity contribution in [3.63, 3.8) is 0 Å². The first-order chi connectivity index (χ1) is 7.59. The average Bonchev–Trinajstić information content (AvgIpc) is 2.85. The fourth-order valence-electron chi connectivity index (χ4n) is 3.10. The number of hydrogen-bond acceptors (Lipinski definition) is 2. The molecule has 0 radical (unpaired) electrons. The highest BCUT2D eigenvalue weighted by atomic mass is 35.5. The quantitative estimate of drug-likeness (QED) is 0.818. The van der Waals surface area contributed by atoms with Gasteiger partial charge in [-0.15, -0.1) is 12.4 Å². The van der Waals surface area contributed by atoms with E-state index in [2.05, 4.69) is 12.2 Å². The second kappa shape index (κ2) is 6.05. The van der Waals surface area contributed by atoms with Crippen LogP contribution in [0.15, 0.2) is 0 Å². The van der Waals surface area contributed by atoms with Gasteiger partial charge in [-0.2, -0.15) is 0 Å². The van der Waals surface area contributed by atoms with Gasteiger partial charge in [-0.25, -0.2) is 0 Å². The van der Waals surface area contributed by atoms with Gasteiger partial charge in [0.2, 0.25) is 5.91 Å². The molecule has 0 saturated heterocycles. The van der Waals surface area contributed by atoms with E-state index in [1.54, 1.807) is 0 Å². The van der Waals surface area contributed by atoms with Crippen molar-refractivity contribution in [2.24, 2.45) is 17.1 Å². The molecule has 0 aromatic carbocycles. The molecule has 2 aliphatic rings. The Morgan fingerprint density at radius 1 is 1.35 bits per heavy atom. The number of amides is 1. The first-order valence-corrected chi connectivity index (χ1v) is 6.62. The molecular weight excluding hydrogens is 236 g/mol. The standard InChI is InChI=1S/C13H24N2O.ClH/c1-13(6-2-3-7-13)9-15-12(16)10-4-5-11(14)8-10;/h10-11H,2-9,14H2,1H3,(H,15,16);1H. The van der Waals surface area contributed by atoms with Crippen LogP contribution >= 0.6 is 12.4 Å². The predicted octanol–water partition coefficient (Wildman–Crippen LogP) is 2.23. The number of halogens is 1. The van der Waals surface area contributed by atoms with Gasteiger partial charge in [0.05, 0.1) is 0 Å². The van der Waals surface area contributed by atoms with Gasteiger partial charge in [-0.1, -0.05) is 19.8 Å². The number of carbonyl (C=O) groups excluding carboxylic acids is 1. The average molecular weight is 261 g/mol. The summed E-state index contributed by atoms with van der Waals surface area (Å²) in [6.45, 7) is 3.15. The third kappa shape index (κ3) is 3.85. The zero-order valence-corrected chi connectivity index (χ0v) is 11.5. The van der Waals surface area contributed by atoms with Crippen molar-refractivity contribution in [2.75, 3.05) is 6.54 Å². The van der Waals surface area contributed by atoms with Crippen LogP contribution in [0.4, 0.5) is 0 Å². The molecule has 2 fully saturated rings. The van der Waals surface area contributed by atoms with E-state index in [0.29, 0.717) is 5.41 Å². The molecule has 0 aromatic rings. The summed E-state index contributed by atoms with van der Waals surface area (Å²) in [5.74, 6) is 0.418. The second-order valence-corrected chi connectivity index (χ2v) is 6.01. The van der Waals surface area contributed by atoms with E-state index in [1.807, 2.05) is 0 Å². The molecule has 0 spiro atoms. The van der Waals surface area contributed by atoms with Crippen molar-refractivity contribution in [2.45, 2.75) is 57.9 Å². The molecule has 100 valence electrons. The van der Waals surface area contributed by atoms with Crippen LogP contribution in [0.1, 0.15) is 51.9 Å². The molecule has 17 heavy (non-hydrogen) atoms. The summed E-state index contributed by atoms with van der Waals surface area (Å²) in [4.78, 5) is 11.9. The SMILES string of the molecule is CC1(CNC(=O)C2CCC(N)C2)CCCC1.Cl. The van der Waals surface area contributed by atoms with Gasteiger partial charge in [-0.05, 0) is 37.5 Å². The number of hydrogen-bond donors (Lipinski definition) is 2. The fourth-order valence-corrected chi connectivity index (χ4v) is 3.10. The molecule has 2 aliphatic carbocycles. The predicted molar refractivity (Wildman–Crippen MR) is 72.1 cm³/mol. The summed E-state index contributed by atoms with van der Waals surface area (Å²) in [7, 11) is 0. The Balaban J connectivity index is 0.00000144. The minimum Gasteiger partial charge on any atom is -0.355 e. The number of nitrogens with two attached hydrogens (primary N) is 1. The van der Waals surface area contributed by atoms with E-state index in [9.17, 15) is 4.79 Å². The van der Waals surface area contributed by atoms with Crippen molar-refractivity contribution in [3.8, 4) is 0 Å². The van der Waals surface area contributed by atoms with Gasteiger partial charge >= 0.3 is 0 Å². The lowest BCUT2D eigenvalue weighted by atomic mass is 9.88. The van der Waals surface area contributed by atoms with Crippen LogP contribution in [-0.2, 0) is 4.79 Å². The lowest BCUT2D eigenvalue weighted by molar-refractivity contribution is -0.125. The summed E-state index contributed by atoms with van der Waals surface area (Å²) in [6, 6.07) is 0.248. The summed E-state index contributed by atoms with van der Waals surface area (Å²) in [5, 5.41) is 3.13. The Bertz CT molecular complexity index is 264. The molecule has 2 rings (SSSR count). The first-order valence-electron chi connectivity index (χ1n) is 6.62. The largest absolute Gasteiger partial charge is 0.355 e. The summed E-state index contributed by atoms with van der Waals surface area (Å²) < 4.78 is 0. The Morgan fingerprint density at radius 3 is 2.53 bits per heavy atom. The van der Waals surface area contributed by atoms with Crippen LogP contribution in [-0.4, -0.2) is 18.5 Å². The van der Waals surface area contributed by atoms with Crippen LogP contribution < -0.4 is 11.1 Å².